The zero-order chi connectivity index (χ0) is 20.8. The van der Waals surface area contributed by atoms with Gasteiger partial charge in [0.25, 0.3) is 0 Å². The van der Waals surface area contributed by atoms with E-state index in [4.69, 9.17) is 20.6 Å². The molecule has 0 saturated carbocycles. The minimum absolute atomic E-state index is 0.455. The Morgan fingerprint density at radius 2 is 2.11 bits per heavy atom. The number of aryl methyl sites for hydroxylation is 2. The summed E-state index contributed by atoms with van der Waals surface area (Å²) in [6, 6.07) is 3.54. The second-order valence-corrected chi connectivity index (χ2v) is 6.87. The summed E-state index contributed by atoms with van der Waals surface area (Å²) in [5.74, 6) is 0.113. The normalized spacial score (nSPS) is 13.9. The van der Waals surface area contributed by atoms with Crippen LogP contribution in [0.15, 0.2) is 12.1 Å². The fourth-order valence-electron chi connectivity index (χ4n) is 3.15. The Kier molecular flexibility index (Phi) is 12.4. The second-order valence-electron chi connectivity index (χ2n) is 6.87. The number of nitrogens with two attached hydrogens (primary N) is 1. The molecule has 0 saturated heterocycles. The van der Waals surface area contributed by atoms with Crippen molar-refractivity contribution in [2.45, 2.75) is 58.4 Å². The van der Waals surface area contributed by atoms with E-state index in [2.05, 4.69) is 22.3 Å². The van der Waals surface area contributed by atoms with E-state index in [1.54, 1.807) is 7.11 Å². The average molecular weight is 395 g/mol. The third-order valence-corrected chi connectivity index (χ3v) is 4.79. The first-order valence-corrected chi connectivity index (χ1v) is 10.5. The maximum Gasteiger partial charge on any atom is 0.320 e. The molecular weight excluding hydrogens is 356 g/mol. The van der Waals surface area contributed by atoms with Crippen molar-refractivity contribution in [3.63, 3.8) is 0 Å². The number of methoxy groups -OCH3 is 1. The Morgan fingerprint density at radius 3 is 2.82 bits per heavy atom. The molecule has 2 rings (SSSR count). The van der Waals surface area contributed by atoms with Gasteiger partial charge in [0.2, 0.25) is 0 Å². The van der Waals surface area contributed by atoms with E-state index in [1.165, 1.54) is 12.0 Å². The van der Waals surface area contributed by atoms with Crippen LogP contribution in [0, 0.1) is 0 Å². The Balaban J connectivity index is 0.00000190. The highest BCUT2D eigenvalue weighted by Gasteiger charge is 2.14. The van der Waals surface area contributed by atoms with E-state index in [1.807, 2.05) is 13.8 Å². The number of ether oxygens (including phenoxy) is 1. The van der Waals surface area contributed by atoms with Crippen molar-refractivity contribution in [1.82, 2.24) is 9.88 Å². The molecule has 2 heterocycles. The first-order chi connectivity index (χ1) is 13.6. The molecule has 0 spiro atoms. The quantitative estimate of drug-likeness (QED) is 0.468. The number of carboxylic acids is 1. The van der Waals surface area contributed by atoms with Crippen LogP contribution >= 0.6 is 0 Å². The second kappa shape index (κ2) is 14.3. The lowest BCUT2D eigenvalue weighted by atomic mass is 10.1. The molecule has 28 heavy (non-hydrogen) atoms. The Bertz CT molecular complexity index is 569. The van der Waals surface area contributed by atoms with E-state index in [0.717, 1.165) is 56.8 Å². The van der Waals surface area contributed by atoms with E-state index in [0.29, 0.717) is 19.6 Å². The molecular formula is C21H38N4O3. The molecule has 0 fully saturated rings. The van der Waals surface area contributed by atoms with Crippen molar-refractivity contribution >= 4 is 11.8 Å². The third kappa shape index (κ3) is 8.99. The van der Waals surface area contributed by atoms with Gasteiger partial charge in [-0.1, -0.05) is 19.9 Å². The van der Waals surface area contributed by atoms with Crippen molar-refractivity contribution in [3.05, 3.63) is 23.4 Å². The van der Waals surface area contributed by atoms with Crippen LogP contribution in [0.25, 0.3) is 0 Å². The molecule has 1 unspecified atom stereocenters. The highest BCUT2D eigenvalue weighted by molar-refractivity contribution is 5.72. The monoisotopic (exact) mass is 394 g/mol. The number of nitrogens with one attached hydrogen (secondary N) is 1. The molecule has 4 N–H and O–H groups in total. The topological polar surface area (TPSA) is 101 Å². The van der Waals surface area contributed by atoms with Gasteiger partial charge in [0.15, 0.2) is 0 Å². The molecule has 1 atom stereocenters. The lowest BCUT2D eigenvalue weighted by Gasteiger charge is -2.23. The summed E-state index contributed by atoms with van der Waals surface area (Å²) in [4.78, 5) is 17.8. The lowest BCUT2D eigenvalue weighted by Crippen LogP contribution is -2.37. The van der Waals surface area contributed by atoms with Gasteiger partial charge in [-0.05, 0) is 56.7 Å². The maximum absolute atomic E-state index is 10.9. The summed E-state index contributed by atoms with van der Waals surface area (Å²) in [6.45, 7) is 8.04. The van der Waals surface area contributed by atoms with E-state index in [-0.39, 0.29) is 0 Å². The fraction of sp³-hybridized carbons (Fsp3) is 0.714. The number of unbranched alkanes of at least 4 members (excludes halogenated alkanes) is 1. The number of anilines is 1. The number of carbonyl (C=O) groups is 1. The largest absolute Gasteiger partial charge is 0.480 e. The molecule has 0 aromatic carbocycles. The van der Waals surface area contributed by atoms with E-state index >= 15 is 0 Å². The van der Waals surface area contributed by atoms with E-state index < -0.39 is 12.0 Å². The smallest absolute Gasteiger partial charge is 0.320 e. The Hall–Kier alpha value is -1.70. The number of pyridine rings is 1. The molecule has 160 valence electrons. The number of fused-ring (bicyclic) bond motifs is 1. The standard InChI is InChI=1S/C19H32N4O3.C2H6/c1-26-14-13-23(12-9-17(20)19(24)25)11-3-2-6-16-8-7-15-5-4-10-21-18(15)22-16;1-2/h7-8,17H,2-6,9-14,20H2,1H3,(H,21,22)(H,24,25);1-2H3. The molecule has 0 aliphatic carbocycles. The fourth-order valence-corrected chi connectivity index (χ4v) is 3.15. The number of aromatic nitrogens is 1. The molecule has 1 aliphatic heterocycles. The van der Waals surface area contributed by atoms with Crippen LogP contribution in [0.2, 0.25) is 0 Å². The summed E-state index contributed by atoms with van der Waals surface area (Å²) in [7, 11) is 1.68. The highest BCUT2D eigenvalue weighted by Crippen LogP contribution is 2.20. The van der Waals surface area contributed by atoms with Crippen molar-refractivity contribution in [3.8, 4) is 0 Å². The van der Waals surface area contributed by atoms with Crippen LogP contribution in [-0.4, -0.2) is 66.9 Å². The molecule has 1 aliphatic rings. The Morgan fingerprint density at radius 1 is 1.32 bits per heavy atom. The first kappa shape index (κ1) is 24.3. The predicted octanol–water partition coefficient (Wildman–Crippen LogP) is 2.54. The van der Waals surface area contributed by atoms with Crippen molar-refractivity contribution in [1.29, 1.82) is 0 Å². The van der Waals surface area contributed by atoms with Crippen LogP contribution in [0.3, 0.4) is 0 Å². The van der Waals surface area contributed by atoms with Crippen LogP contribution in [0.5, 0.6) is 0 Å². The summed E-state index contributed by atoms with van der Waals surface area (Å²) in [6.07, 6.45) is 5.80. The third-order valence-electron chi connectivity index (χ3n) is 4.79. The number of aliphatic carboxylic acids is 1. The van der Waals surface area contributed by atoms with Crippen LogP contribution < -0.4 is 11.1 Å². The van der Waals surface area contributed by atoms with Crippen molar-refractivity contribution in [2.24, 2.45) is 5.73 Å². The number of hydrogen-bond acceptors (Lipinski definition) is 6. The van der Waals surface area contributed by atoms with Gasteiger partial charge >= 0.3 is 5.97 Å². The number of rotatable bonds is 12. The van der Waals surface area contributed by atoms with Gasteiger partial charge in [-0.3, -0.25) is 4.79 Å². The van der Waals surface area contributed by atoms with Gasteiger partial charge in [0, 0.05) is 32.4 Å². The first-order valence-electron chi connectivity index (χ1n) is 10.5. The minimum atomic E-state index is -0.941. The maximum atomic E-state index is 10.9. The van der Waals surface area contributed by atoms with Crippen LogP contribution in [0.4, 0.5) is 5.82 Å². The van der Waals surface area contributed by atoms with Gasteiger partial charge in [-0.25, -0.2) is 4.98 Å². The van der Waals surface area contributed by atoms with Gasteiger partial charge in [-0.15, -0.1) is 0 Å². The molecule has 7 heteroatoms. The average Bonchev–Trinajstić information content (AvgIpc) is 2.73. The van der Waals surface area contributed by atoms with Gasteiger partial charge in [0.05, 0.1) is 6.61 Å². The zero-order valence-corrected chi connectivity index (χ0v) is 17.7. The van der Waals surface area contributed by atoms with Gasteiger partial charge in [0.1, 0.15) is 11.9 Å². The molecule has 1 aromatic heterocycles. The van der Waals surface area contributed by atoms with Gasteiger partial charge in [-0.2, -0.15) is 0 Å². The summed E-state index contributed by atoms with van der Waals surface area (Å²) < 4.78 is 5.15. The number of carboxylic acid groups (broad SMARTS) is 1. The van der Waals surface area contributed by atoms with Crippen LogP contribution in [0.1, 0.15) is 50.8 Å². The lowest BCUT2D eigenvalue weighted by molar-refractivity contribution is -0.138. The molecule has 1 aromatic rings. The van der Waals surface area contributed by atoms with Gasteiger partial charge < -0.3 is 25.8 Å². The van der Waals surface area contributed by atoms with Crippen molar-refractivity contribution in [2.75, 3.05) is 45.2 Å². The number of hydrogen-bond donors (Lipinski definition) is 3. The summed E-state index contributed by atoms with van der Waals surface area (Å²) >= 11 is 0. The SMILES string of the molecule is CC.COCCN(CCCCc1ccc2c(n1)NCCC2)CCC(N)C(=O)O. The number of nitrogens with zero attached hydrogens (tertiary/aromatic N) is 2. The minimum Gasteiger partial charge on any atom is -0.480 e. The van der Waals surface area contributed by atoms with Crippen LogP contribution in [-0.2, 0) is 22.4 Å². The molecule has 7 nitrogen and oxygen atoms in total. The van der Waals surface area contributed by atoms with E-state index in [9.17, 15) is 4.79 Å². The molecule has 0 radical (unpaired) electrons. The Labute approximate surface area is 169 Å². The van der Waals surface area contributed by atoms with Crippen molar-refractivity contribution < 1.29 is 14.6 Å². The summed E-state index contributed by atoms with van der Waals surface area (Å²) in [5, 5.41) is 12.3. The zero-order valence-electron chi connectivity index (χ0n) is 17.7. The molecule has 0 bridgehead atoms. The summed E-state index contributed by atoms with van der Waals surface area (Å²) in [5.41, 5.74) is 8.06. The predicted molar refractivity (Wildman–Crippen MR) is 114 cm³/mol. The highest BCUT2D eigenvalue weighted by atomic mass is 16.5. The molecule has 0 amide bonds.